The molecule has 1 heterocycles. The Morgan fingerprint density at radius 1 is 1.42 bits per heavy atom. The second-order valence-corrected chi connectivity index (χ2v) is 4.58. The molecule has 100 valence electrons. The number of aromatic amines is 1. The van der Waals surface area contributed by atoms with E-state index < -0.39 is 6.04 Å². The van der Waals surface area contributed by atoms with E-state index >= 15 is 0 Å². The van der Waals surface area contributed by atoms with Gasteiger partial charge in [-0.2, -0.15) is 5.21 Å². The van der Waals surface area contributed by atoms with Gasteiger partial charge in [-0.05, 0) is 23.3 Å². The molecule has 1 atom stereocenters. The molecule has 7 heteroatoms. The summed E-state index contributed by atoms with van der Waals surface area (Å²) in [6.07, 6.45) is 0. The fraction of sp³-hybridized carbons (Fsp3) is 0.333. The second-order valence-electron chi connectivity index (χ2n) is 4.58. The molecule has 0 radical (unpaired) electrons. The minimum absolute atomic E-state index is 0.0837. The normalized spacial score (nSPS) is 12.4. The zero-order valence-corrected chi connectivity index (χ0v) is 10.8. The van der Waals surface area contributed by atoms with E-state index in [9.17, 15) is 4.79 Å². The van der Waals surface area contributed by atoms with Crippen LogP contribution in [0.25, 0.3) is 11.4 Å². The summed E-state index contributed by atoms with van der Waals surface area (Å²) in [6.45, 7) is 3.81. The van der Waals surface area contributed by atoms with Gasteiger partial charge in [-0.3, -0.25) is 4.79 Å². The smallest absolute Gasteiger partial charge is 0.241 e. The Labute approximate surface area is 110 Å². The first-order valence-electron chi connectivity index (χ1n) is 5.98. The van der Waals surface area contributed by atoms with Crippen molar-refractivity contribution >= 4 is 11.6 Å². The quantitative estimate of drug-likeness (QED) is 0.752. The summed E-state index contributed by atoms with van der Waals surface area (Å²) in [5.74, 6) is 0.352. The van der Waals surface area contributed by atoms with E-state index in [-0.39, 0.29) is 11.8 Å². The van der Waals surface area contributed by atoms with Crippen LogP contribution in [0.3, 0.4) is 0 Å². The molecular weight excluding hydrogens is 244 g/mol. The summed E-state index contributed by atoms with van der Waals surface area (Å²) in [7, 11) is 0. The van der Waals surface area contributed by atoms with E-state index in [2.05, 4.69) is 25.9 Å². The number of rotatable bonds is 4. The first-order chi connectivity index (χ1) is 9.08. The molecule has 1 aromatic heterocycles. The number of anilines is 1. The predicted molar refractivity (Wildman–Crippen MR) is 71.1 cm³/mol. The standard InChI is InChI=1S/C12H16N6O/c1-7(2)10(13)12(19)14-9-5-3-4-8(6-9)11-15-17-18-16-11/h3-7,10H,13H2,1-2H3,(H,14,19)(H,15,16,17,18)/t10-/m0/s1. The van der Waals surface area contributed by atoms with Gasteiger partial charge in [0, 0.05) is 11.3 Å². The number of aromatic nitrogens is 4. The molecule has 1 amide bonds. The van der Waals surface area contributed by atoms with Crippen LogP contribution >= 0.6 is 0 Å². The minimum Gasteiger partial charge on any atom is -0.325 e. The van der Waals surface area contributed by atoms with Gasteiger partial charge in [0.15, 0.2) is 0 Å². The van der Waals surface area contributed by atoms with Crippen molar-refractivity contribution < 1.29 is 4.79 Å². The third-order valence-electron chi connectivity index (χ3n) is 2.75. The highest BCUT2D eigenvalue weighted by Crippen LogP contribution is 2.18. The van der Waals surface area contributed by atoms with E-state index in [4.69, 9.17) is 5.73 Å². The summed E-state index contributed by atoms with van der Waals surface area (Å²) >= 11 is 0. The lowest BCUT2D eigenvalue weighted by Gasteiger charge is -2.15. The Kier molecular flexibility index (Phi) is 3.86. The van der Waals surface area contributed by atoms with Crippen LogP contribution in [0.5, 0.6) is 0 Å². The first kappa shape index (κ1) is 13.2. The summed E-state index contributed by atoms with van der Waals surface area (Å²) in [5, 5.41) is 16.4. The van der Waals surface area contributed by atoms with E-state index in [1.165, 1.54) is 0 Å². The molecule has 2 rings (SSSR count). The molecule has 7 nitrogen and oxygen atoms in total. The predicted octanol–water partition coefficient (Wildman–Crippen LogP) is 0.788. The Morgan fingerprint density at radius 2 is 2.21 bits per heavy atom. The number of carbonyl (C=O) groups excluding carboxylic acids is 1. The number of nitrogens with zero attached hydrogens (tertiary/aromatic N) is 3. The number of H-pyrrole nitrogens is 1. The molecule has 0 fully saturated rings. The van der Waals surface area contributed by atoms with E-state index in [1.807, 2.05) is 26.0 Å². The van der Waals surface area contributed by atoms with Crippen LogP contribution in [-0.2, 0) is 4.79 Å². The highest BCUT2D eigenvalue weighted by Gasteiger charge is 2.17. The molecule has 0 unspecified atom stereocenters. The SMILES string of the molecule is CC(C)[C@H](N)C(=O)Nc1cccc(-c2nn[nH]n2)c1. The summed E-state index contributed by atoms with van der Waals surface area (Å²) in [4.78, 5) is 11.9. The summed E-state index contributed by atoms with van der Waals surface area (Å²) < 4.78 is 0. The van der Waals surface area contributed by atoms with Crippen molar-refractivity contribution in [2.75, 3.05) is 5.32 Å². The van der Waals surface area contributed by atoms with Crippen LogP contribution in [-0.4, -0.2) is 32.6 Å². The zero-order valence-electron chi connectivity index (χ0n) is 10.8. The third-order valence-corrected chi connectivity index (χ3v) is 2.75. The maximum Gasteiger partial charge on any atom is 0.241 e. The van der Waals surface area contributed by atoms with Crippen LogP contribution in [0.1, 0.15) is 13.8 Å². The molecule has 19 heavy (non-hydrogen) atoms. The maximum absolute atomic E-state index is 11.9. The number of nitrogens with two attached hydrogens (primary N) is 1. The first-order valence-corrected chi connectivity index (χ1v) is 5.98. The van der Waals surface area contributed by atoms with Gasteiger partial charge < -0.3 is 11.1 Å². The second kappa shape index (κ2) is 5.57. The Hall–Kier alpha value is -2.28. The molecule has 0 aliphatic rings. The van der Waals surface area contributed by atoms with Crippen molar-refractivity contribution in [2.45, 2.75) is 19.9 Å². The van der Waals surface area contributed by atoms with Gasteiger partial charge in [-0.25, -0.2) is 0 Å². The lowest BCUT2D eigenvalue weighted by Crippen LogP contribution is -2.39. The van der Waals surface area contributed by atoms with Gasteiger partial charge in [0.05, 0.1) is 6.04 Å². The van der Waals surface area contributed by atoms with E-state index in [0.29, 0.717) is 11.5 Å². The average molecular weight is 260 g/mol. The zero-order chi connectivity index (χ0) is 13.8. The number of amides is 1. The largest absolute Gasteiger partial charge is 0.325 e. The maximum atomic E-state index is 11.9. The van der Waals surface area contributed by atoms with Crippen LogP contribution in [0, 0.1) is 5.92 Å². The van der Waals surface area contributed by atoms with Crippen LogP contribution in [0.15, 0.2) is 24.3 Å². The Bertz CT molecular complexity index is 551. The minimum atomic E-state index is -0.533. The highest BCUT2D eigenvalue weighted by atomic mass is 16.2. The van der Waals surface area contributed by atoms with Crippen molar-refractivity contribution in [1.82, 2.24) is 20.6 Å². The van der Waals surface area contributed by atoms with Crippen molar-refractivity contribution in [3.63, 3.8) is 0 Å². The number of benzene rings is 1. The lowest BCUT2D eigenvalue weighted by molar-refractivity contribution is -0.118. The molecule has 0 bridgehead atoms. The van der Waals surface area contributed by atoms with Gasteiger partial charge in [-0.1, -0.05) is 26.0 Å². The van der Waals surface area contributed by atoms with Gasteiger partial charge in [0.2, 0.25) is 11.7 Å². The van der Waals surface area contributed by atoms with Crippen molar-refractivity contribution in [3.05, 3.63) is 24.3 Å². The fourth-order valence-electron chi connectivity index (χ4n) is 1.55. The summed E-state index contributed by atoms with van der Waals surface area (Å²) in [6, 6.07) is 6.67. The average Bonchev–Trinajstić information content (AvgIpc) is 2.91. The molecule has 0 saturated heterocycles. The number of tetrazole rings is 1. The van der Waals surface area contributed by atoms with Crippen molar-refractivity contribution in [3.8, 4) is 11.4 Å². The van der Waals surface area contributed by atoms with E-state index in [1.54, 1.807) is 12.1 Å². The van der Waals surface area contributed by atoms with Crippen LogP contribution < -0.4 is 11.1 Å². The molecule has 2 aromatic rings. The molecule has 0 saturated carbocycles. The fourth-order valence-corrected chi connectivity index (χ4v) is 1.55. The van der Waals surface area contributed by atoms with Crippen LogP contribution in [0.4, 0.5) is 5.69 Å². The van der Waals surface area contributed by atoms with Gasteiger partial charge in [-0.15, -0.1) is 10.2 Å². The molecule has 4 N–H and O–H groups in total. The molecule has 0 aliphatic carbocycles. The lowest BCUT2D eigenvalue weighted by atomic mass is 10.0. The molecule has 0 aliphatic heterocycles. The van der Waals surface area contributed by atoms with Gasteiger partial charge in [0.1, 0.15) is 0 Å². The topological polar surface area (TPSA) is 110 Å². The van der Waals surface area contributed by atoms with Gasteiger partial charge >= 0.3 is 0 Å². The number of hydrogen-bond donors (Lipinski definition) is 3. The monoisotopic (exact) mass is 260 g/mol. The van der Waals surface area contributed by atoms with Gasteiger partial charge in [0.25, 0.3) is 0 Å². The Balaban J connectivity index is 2.14. The third kappa shape index (κ3) is 3.14. The number of nitrogens with one attached hydrogen (secondary N) is 2. The number of carbonyl (C=O) groups is 1. The summed E-state index contributed by atoms with van der Waals surface area (Å²) in [5.41, 5.74) is 7.21. The number of hydrogen-bond acceptors (Lipinski definition) is 5. The molecule has 0 spiro atoms. The highest BCUT2D eigenvalue weighted by molar-refractivity contribution is 5.95. The van der Waals surface area contributed by atoms with Crippen molar-refractivity contribution in [1.29, 1.82) is 0 Å². The molecule has 1 aromatic carbocycles. The van der Waals surface area contributed by atoms with Crippen molar-refractivity contribution in [2.24, 2.45) is 11.7 Å². The van der Waals surface area contributed by atoms with Crippen LogP contribution in [0.2, 0.25) is 0 Å². The van der Waals surface area contributed by atoms with E-state index in [0.717, 1.165) is 5.56 Å². The Morgan fingerprint density at radius 3 is 2.84 bits per heavy atom. The molecular formula is C12H16N6O.